The largest absolute Gasteiger partial charge is 0.414 e. The van der Waals surface area contributed by atoms with Crippen LogP contribution in [0.2, 0.25) is 36.3 Å². The average molecular weight is 618 g/mol. The minimum atomic E-state index is -2.29. The van der Waals surface area contributed by atoms with Crippen LogP contribution in [0.25, 0.3) is 0 Å². The van der Waals surface area contributed by atoms with Gasteiger partial charge in [-0.25, -0.2) is 4.79 Å². The summed E-state index contributed by atoms with van der Waals surface area (Å²) in [6.45, 7) is 22.1. The third kappa shape index (κ3) is 5.72. The van der Waals surface area contributed by atoms with Gasteiger partial charge in [0.2, 0.25) is 0 Å². The summed E-state index contributed by atoms with van der Waals surface area (Å²) >= 11 is 3.90. The minimum absolute atomic E-state index is 0.00353. The standard InChI is InChI=1S/C26H45BrN2O6Si2/c1-24(2,3)36(7,8)33-16-19-21(35-37(9,10)25(4,5)6)22(27)26(34-19,17-12-11-13-18(17)30)29-15-14-20(31)28-23(29)32/h14-15,17,19,21-22H,11-13,16H2,1-10H3,(H,28,31,32)/t17?,19-,21-,22+,26-/m1/s1. The number of alkyl halides is 1. The Labute approximate surface area is 231 Å². The van der Waals surface area contributed by atoms with E-state index in [9.17, 15) is 14.4 Å². The van der Waals surface area contributed by atoms with Crippen LogP contribution < -0.4 is 11.2 Å². The number of nitrogens with one attached hydrogen (secondary N) is 1. The number of Topliss-reactive ketones (excluding diaryl/α,β-unsaturated/α-hetero) is 1. The minimum Gasteiger partial charge on any atom is -0.414 e. The molecule has 1 aliphatic carbocycles. The molecule has 5 atom stereocenters. The van der Waals surface area contributed by atoms with Crippen molar-refractivity contribution in [1.29, 1.82) is 0 Å². The van der Waals surface area contributed by atoms with Crippen molar-refractivity contribution in [1.82, 2.24) is 9.55 Å². The summed E-state index contributed by atoms with van der Waals surface area (Å²) < 4.78 is 21.9. The molecule has 8 nitrogen and oxygen atoms in total. The maximum atomic E-state index is 13.2. The average Bonchev–Trinajstić information content (AvgIpc) is 3.27. The lowest BCUT2D eigenvalue weighted by Gasteiger charge is -2.42. The number of hydrogen-bond acceptors (Lipinski definition) is 6. The van der Waals surface area contributed by atoms with E-state index in [4.69, 9.17) is 13.6 Å². The van der Waals surface area contributed by atoms with E-state index in [1.165, 1.54) is 16.8 Å². The molecule has 37 heavy (non-hydrogen) atoms. The number of hydrogen-bond donors (Lipinski definition) is 1. The maximum Gasteiger partial charge on any atom is 0.330 e. The fraction of sp³-hybridized carbons (Fsp3) is 0.808. The van der Waals surface area contributed by atoms with Gasteiger partial charge < -0.3 is 13.6 Å². The van der Waals surface area contributed by atoms with Crippen LogP contribution in [0.3, 0.4) is 0 Å². The highest BCUT2D eigenvalue weighted by atomic mass is 79.9. The van der Waals surface area contributed by atoms with Crippen molar-refractivity contribution in [2.24, 2.45) is 5.92 Å². The number of halogens is 1. The van der Waals surface area contributed by atoms with Crippen LogP contribution in [0, 0.1) is 5.92 Å². The quantitative estimate of drug-likeness (QED) is 0.336. The molecule has 1 unspecified atom stereocenters. The highest BCUT2D eigenvalue weighted by molar-refractivity contribution is 9.09. The van der Waals surface area contributed by atoms with E-state index in [2.05, 4.69) is 88.6 Å². The number of aromatic amines is 1. The van der Waals surface area contributed by atoms with Gasteiger partial charge in [-0.3, -0.25) is 19.1 Å². The van der Waals surface area contributed by atoms with Crippen molar-refractivity contribution in [3.8, 4) is 0 Å². The monoisotopic (exact) mass is 616 g/mol. The lowest BCUT2D eigenvalue weighted by Crippen LogP contribution is -2.56. The van der Waals surface area contributed by atoms with Gasteiger partial charge in [-0.05, 0) is 49.1 Å². The van der Waals surface area contributed by atoms with Crippen LogP contribution in [-0.4, -0.2) is 55.6 Å². The number of H-pyrrole nitrogens is 1. The Morgan fingerprint density at radius 2 is 1.68 bits per heavy atom. The smallest absolute Gasteiger partial charge is 0.330 e. The molecule has 1 saturated heterocycles. The molecule has 0 amide bonds. The summed E-state index contributed by atoms with van der Waals surface area (Å²) in [6, 6.07) is 1.30. The molecular formula is C26H45BrN2O6Si2. The van der Waals surface area contributed by atoms with Crippen molar-refractivity contribution in [3.05, 3.63) is 33.1 Å². The molecule has 2 heterocycles. The van der Waals surface area contributed by atoms with Crippen molar-refractivity contribution in [2.45, 2.75) is 120 Å². The zero-order valence-corrected chi connectivity index (χ0v) is 27.7. The first-order chi connectivity index (χ1) is 16.7. The molecule has 2 fully saturated rings. The number of ether oxygens (including phenoxy) is 1. The van der Waals surface area contributed by atoms with E-state index in [1.54, 1.807) is 0 Å². The van der Waals surface area contributed by atoms with Gasteiger partial charge >= 0.3 is 5.69 Å². The first-order valence-corrected chi connectivity index (χ1v) is 20.0. The van der Waals surface area contributed by atoms with Gasteiger partial charge in [-0.1, -0.05) is 57.5 Å². The second-order valence-corrected chi connectivity index (χ2v) is 24.2. The SMILES string of the molecule is CC(C)(C)[Si](C)(C)OC[C@H]1O[C@@](C2CCCC2=O)(n2ccc(=O)[nH]c2=O)[C@@H](Br)[C@@H]1O[Si](C)(C)C(C)(C)C. The summed E-state index contributed by atoms with van der Waals surface area (Å²) in [5.74, 6) is -0.497. The Balaban J connectivity index is 2.15. The van der Waals surface area contributed by atoms with E-state index in [0.29, 0.717) is 19.4 Å². The van der Waals surface area contributed by atoms with Crippen LogP contribution >= 0.6 is 15.9 Å². The van der Waals surface area contributed by atoms with E-state index in [-0.39, 0.29) is 15.9 Å². The Morgan fingerprint density at radius 3 is 2.16 bits per heavy atom. The lowest BCUT2D eigenvalue weighted by molar-refractivity contribution is -0.160. The first-order valence-electron chi connectivity index (χ1n) is 13.2. The molecule has 0 radical (unpaired) electrons. The number of nitrogens with zero attached hydrogens (tertiary/aromatic N) is 1. The number of carbonyl (C=O) groups is 1. The first kappa shape index (κ1) is 30.7. The molecule has 1 aliphatic heterocycles. The molecule has 0 bridgehead atoms. The molecule has 2 aliphatic rings. The van der Waals surface area contributed by atoms with E-state index in [0.717, 1.165) is 6.42 Å². The highest BCUT2D eigenvalue weighted by Gasteiger charge is 2.63. The topological polar surface area (TPSA) is 99.6 Å². The summed E-state index contributed by atoms with van der Waals surface area (Å²) in [7, 11) is -4.42. The summed E-state index contributed by atoms with van der Waals surface area (Å²) in [4.78, 5) is 40.2. The van der Waals surface area contributed by atoms with Crippen LogP contribution in [0.5, 0.6) is 0 Å². The molecule has 1 saturated carbocycles. The predicted molar refractivity (Wildman–Crippen MR) is 154 cm³/mol. The second-order valence-electron chi connectivity index (χ2n) is 13.6. The van der Waals surface area contributed by atoms with Gasteiger partial charge in [0.1, 0.15) is 11.9 Å². The fourth-order valence-electron chi connectivity index (χ4n) is 4.66. The van der Waals surface area contributed by atoms with Crippen LogP contribution in [-0.2, 0) is 24.1 Å². The van der Waals surface area contributed by atoms with Gasteiger partial charge in [0.05, 0.1) is 23.5 Å². The number of ketones is 1. The molecule has 210 valence electrons. The molecule has 0 spiro atoms. The molecule has 11 heteroatoms. The zero-order chi connectivity index (χ0) is 28.2. The van der Waals surface area contributed by atoms with Crippen LogP contribution in [0.4, 0.5) is 0 Å². The highest BCUT2D eigenvalue weighted by Crippen LogP contribution is 2.52. The Morgan fingerprint density at radius 1 is 1.08 bits per heavy atom. The van der Waals surface area contributed by atoms with Crippen molar-refractivity contribution in [2.75, 3.05) is 6.61 Å². The maximum absolute atomic E-state index is 13.2. The molecule has 1 aromatic heterocycles. The van der Waals surface area contributed by atoms with E-state index < -0.39 is 56.6 Å². The summed E-state index contributed by atoms with van der Waals surface area (Å²) in [5.41, 5.74) is -2.44. The van der Waals surface area contributed by atoms with Gasteiger partial charge in [-0.2, -0.15) is 0 Å². The normalized spacial score (nSPS) is 29.8. The summed E-state index contributed by atoms with van der Waals surface area (Å²) in [5, 5.41) is -0.0582. The van der Waals surface area contributed by atoms with E-state index >= 15 is 0 Å². The predicted octanol–water partition coefficient (Wildman–Crippen LogP) is 5.13. The zero-order valence-electron chi connectivity index (χ0n) is 24.1. The Kier molecular flexibility index (Phi) is 8.52. The van der Waals surface area contributed by atoms with Crippen molar-refractivity contribution in [3.63, 3.8) is 0 Å². The third-order valence-corrected chi connectivity index (χ3v) is 19.2. The molecule has 0 aromatic carbocycles. The van der Waals surface area contributed by atoms with Crippen LogP contribution in [0.15, 0.2) is 21.9 Å². The van der Waals surface area contributed by atoms with Gasteiger partial charge in [0.15, 0.2) is 22.4 Å². The van der Waals surface area contributed by atoms with Crippen molar-refractivity contribution >= 4 is 38.3 Å². The van der Waals surface area contributed by atoms with E-state index in [1.807, 2.05) is 0 Å². The lowest BCUT2D eigenvalue weighted by atomic mass is 9.89. The van der Waals surface area contributed by atoms with Crippen LogP contribution in [0.1, 0.15) is 60.8 Å². The summed E-state index contributed by atoms with van der Waals surface area (Å²) in [6.07, 6.45) is 2.23. The second kappa shape index (κ2) is 10.3. The number of carbonyl (C=O) groups excluding carboxylic acids is 1. The number of aromatic nitrogens is 2. The third-order valence-electron chi connectivity index (χ3n) is 9.05. The van der Waals surface area contributed by atoms with Gasteiger partial charge in [0, 0.05) is 18.7 Å². The Hall–Kier alpha value is -0.856. The number of rotatable bonds is 7. The van der Waals surface area contributed by atoms with Gasteiger partial charge in [0.25, 0.3) is 5.56 Å². The Bertz CT molecular complexity index is 1120. The van der Waals surface area contributed by atoms with Gasteiger partial charge in [-0.15, -0.1) is 0 Å². The molecule has 3 rings (SSSR count). The molecule has 1 N–H and O–H groups in total. The molecular weight excluding hydrogens is 572 g/mol. The fourth-order valence-corrected chi connectivity index (χ4v) is 8.30. The molecule has 1 aromatic rings. The van der Waals surface area contributed by atoms with Crippen molar-refractivity contribution < 1.29 is 18.4 Å².